The van der Waals surface area contributed by atoms with Crippen molar-refractivity contribution in [3.8, 4) is 0 Å². The third kappa shape index (κ3) is 2.56. The van der Waals surface area contributed by atoms with Crippen LogP contribution in [0, 0.1) is 5.92 Å². The Kier molecular flexibility index (Phi) is 3.03. The van der Waals surface area contributed by atoms with E-state index in [2.05, 4.69) is 19.8 Å². The van der Waals surface area contributed by atoms with Crippen molar-refractivity contribution in [1.29, 1.82) is 0 Å². The molecule has 8 nitrogen and oxygen atoms in total. The van der Waals surface area contributed by atoms with Crippen molar-refractivity contribution < 1.29 is 13.6 Å². The number of rotatable bonds is 5. The Balaban J connectivity index is 2.18. The topological polar surface area (TPSA) is 133 Å². The van der Waals surface area contributed by atoms with Crippen LogP contribution >= 0.6 is 0 Å². The van der Waals surface area contributed by atoms with Gasteiger partial charge in [-0.15, -0.1) is 0 Å². The lowest BCUT2D eigenvalue weighted by Crippen LogP contribution is -2.46. The molecule has 1 fully saturated rings. The lowest BCUT2D eigenvalue weighted by Gasteiger charge is -2.15. The van der Waals surface area contributed by atoms with Gasteiger partial charge in [-0.25, -0.2) is 13.4 Å². The molecule has 0 spiro atoms. The van der Waals surface area contributed by atoms with Crippen molar-refractivity contribution in [1.82, 2.24) is 14.7 Å². The highest BCUT2D eigenvalue weighted by atomic mass is 32.2. The van der Waals surface area contributed by atoms with Gasteiger partial charge < -0.3 is 15.9 Å². The molecule has 1 atom stereocenters. The number of hydrogen-bond acceptors (Lipinski definition) is 5. The molecule has 1 aromatic rings. The molecule has 0 aliphatic heterocycles. The van der Waals surface area contributed by atoms with Gasteiger partial charge >= 0.3 is 0 Å². The van der Waals surface area contributed by atoms with Crippen LogP contribution in [0.5, 0.6) is 0 Å². The summed E-state index contributed by atoms with van der Waals surface area (Å²) in [6.07, 6.45) is 4.17. The predicted octanol–water partition coefficient (Wildman–Crippen LogP) is -0.787. The molecule has 94 valence electrons. The molecule has 1 aliphatic rings. The van der Waals surface area contributed by atoms with Crippen LogP contribution in [0.2, 0.25) is 0 Å². The van der Waals surface area contributed by atoms with E-state index >= 15 is 0 Å². The van der Waals surface area contributed by atoms with Gasteiger partial charge in [0.05, 0.1) is 18.6 Å². The van der Waals surface area contributed by atoms with Crippen molar-refractivity contribution in [2.24, 2.45) is 16.8 Å². The number of H-pyrrole nitrogens is 1. The zero-order chi connectivity index (χ0) is 12.5. The van der Waals surface area contributed by atoms with Crippen molar-refractivity contribution >= 4 is 15.9 Å². The molecule has 0 amide bonds. The number of oxime groups is 1. The zero-order valence-electron chi connectivity index (χ0n) is 8.87. The minimum atomic E-state index is -3.72. The molecule has 1 saturated carbocycles. The van der Waals surface area contributed by atoms with Gasteiger partial charge in [-0.1, -0.05) is 5.16 Å². The van der Waals surface area contributed by atoms with Crippen LogP contribution in [-0.4, -0.2) is 35.5 Å². The highest BCUT2D eigenvalue weighted by molar-refractivity contribution is 7.89. The Hall–Kier alpha value is -1.61. The number of nitrogens with two attached hydrogens (primary N) is 1. The molecule has 0 bridgehead atoms. The highest BCUT2D eigenvalue weighted by Crippen LogP contribution is 2.33. The van der Waals surface area contributed by atoms with Crippen LogP contribution in [-0.2, 0) is 10.0 Å². The van der Waals surface area contributed by atoms with Gasteiger partial charge in [0, 0.05) is 0 Å². The Morgan fingerprint density at radius 1 is 1.71 bits per heavy atom. The summed E-state index contributed by atoms with van der Waals surface area (Å²) in [7, 11) is -3.72. The van der Waals surface area contributed by atoms with E-state index in [-0.39, 0.29) is 16.8 Å². The molecule has 1 aromatic heterocycles. The van der Waals surface area contributed by atoms with Gasteiger partial charge in [-0.3, -0.25) is 0 Å². The summed E-state index contributed by atoms with van der Waals surface area (Å²) in [5.74, 6) is -0.0424. The average Bonchev–Trinajstić information content (AvgIpc) is 2.98. The molecule has 0 aromatic carbocycles. The van der Waals surface area contributed by atoms with Gasteiger partial charge in [0.2, 0.25) is 0 Å². The lowest BCUT2D eigenvalue weighted by atomic mass is 10.2. The van der Waals surface area contributed by atoms with Gasteiger partial charge in [0.15, 0.2) is 10.9 Å². The molecule has 1 aliphatic carbocycles. The highest BCUT2D eigenvalue weighted by Gasteiger charge is 2.37. The van der Waals surface area contributed by atoms with Crippen molar-refractivity contribution in [2.45, 2.75) is 23.9 Å². The molecule has 5 N–H and O–H groups in total. The summed E-state index contributed by atoms with van der Waals surface area (Å²) < 4.78 is 26.2. The molecule has 0 saturated heterocycles. The van der Waals surface area contributed by atoms with Crippen LogP contribution in [0.3, 0.4) is 0 Å². The predicted molar refractivity (Wildman–Crippen MR) is 58.8 cm³/mol. The fourth-order valence-corrected chi connectivity index (χ4v) is 2.69. The molecule has 17 heavy (non-hydrogen) atoms. The second kappa shape index (κ2) is 4.34. The monoisotopic (exact) mass is 259 g/mol. The summed E-state index contributed by atoms with van der Waals surface area (Å²) in [5, 5.41) is 11.4. The van der Waals surface area contributed by atoms with Crippen molar-refractivity contribution in [3.63, 3.8) is 0 Å². The first kappa shape index (κ1) is 11.9. The zero-order valence-corrected chi connectivity index (χ0v) is 9.68. The van der Waals surface area contributed by atoms with Crippen LogP contribution in [0.4, 0.5) is 0 Å². The summed E-state index contributed by atoms with van der Waals surface area (Å²) in [6.45, 7) is 0. The summed E-state index contributed by atoms with van der Waals surface area (Å²) >= 11 is 0. The van der Waals surface area contributed by atoms with E-state index < -0.39 is 16.1 Å². The second-order valence-electron chi connectivity index (χ2n) is 3.88. The number of hydrogen-bond donors (Lipinski definition) is 4. The Morgan fingerprint density at radius 2 is 2.41 bits per heavy atom. The maximum Gasteiger partial charge on any atom is 0.258 e. The Morgan fingerprint density at radius 3 is 2.88 bits per heavy atom. The summed E-state index contributed by atoms with van der Waals surface area (Å²) in [5.41, 5.74) is 5.47. The first-order chi connectivity index (χ1) is 8.04. The van der Waals surface area contributed by atoms with Crippen molar-refractivity contribution in [3.05, 3.63) is 12.5 Å². The van der Waals surface area contributed by atoms with Crippen LogP contribution in [0.15, 0.2) is 22.7 Å². The van der Waals surface area contributed by atoms with Crippen LogP contribution in [0.1, 0.15) is 12.8 Å². The van der Waals surface area contributed by atoms with E-state index in [1.807, 2.05) is 0 Å². The van der Waals surface area contributed by atoms with E-state index in [0.29, 0.717) is 0 Å². The molecule has 9 heteroatoms. The largest absolute Gasteiger partial charge is 0.409 e. The SMILES string of the molecule is NC(=NO)C(NS(=O)(=O)c1cnc[nH]1)C1CC1. The number of nitrogens with one attached hydrogen (secondary N) is 2. The Bertz CT molecular complexity index is 505. The van der Waals surface area contributed by atoms with Crippen LogP contribution < -0.4 is 10.5 Å². The van der Waals surface area contributed by atoms with E-state index in [9.17, 15) is 8.42 Å². The fraction of sp³-hybridized carbons (Fsp3) is 0.500. The second-order valence-corrected chi connectivity index (χ2v) is 5.56. The maximum absolute atomic E-state index is 11.9. The van der Waals surface area contributed by atoms with Gasteiger partial charge in [0.1, 0.15) is 0 Å². The van der Waals surface area contributed by atoms with Gasteiger partial charge in [-0.05, 0) is 18.8 Å². The van der Waals surface area contributed by atoms with E-state index in [4.69, 9.17) is 10.9 Å². The molecular weight excluding hydrogens is 246 g/mol. The molecule has 2 rings (SSSR count). The van der Waals surface area contributed by atoms with Crippen molar-refractivity contribution in [2.75, 3.05) is 0 Å². The number of amidine groups is 1. The Labute approximate surface area is 98.0 Å². The van der Waals surface area contributed by atoms with E-state index in [1.54, 1.807) is 0 Å². The normalized spacial score (nSPS) is 19.2. The maximum atomic E-state index is 11.9. The molecule has 1 unspecified atom stereocenters. The smallest absolute Gasteiger partial charge is 0.258 e. The van der Waals surface area contributed by atoms with Crippen LogP contribution in [0.25, 0.3) is 0 Å². The van der Waals surface area contributed by atoms with Gasteiger partial charge in [0.25, 0.3) is 10.0 Å². The van der Waals surface area contributed by atoms with E-state index in [1.165, 1.54) is 12.5 Å². The quantitative estimate of drug-likeness (QED) is 0.238. The standard InChI is InChI=1S/C8H13N5O3S/c9-8(12-14)7(5-1-2-5)13-17(15,16)6-3-10-4-11-6/h3-5,7,13-14H,1-2H2,(H2,9,12)(H,10,11). The number of sulfonamides is 1. The summed E-state index contributed by atoms with van der Waals surface area (Å²) in [4.78, 5) is 6.13. The minimum Gasteiger partial charge on any atom is -0.409 e. The molecule has 1 heterocycles. The lowest BCUT2D eigenvalue weighted by molar-refractivity contribution is 0.314. The average molecular weight is 259 g/mol. The number of aromatic amines is 1. The number of nitrogens with zero attached hydrogens (tertiary/aromatic N) is 2. The molecular formula is C8H13N5O3S. The third-order valence-corrected chi connectivity index (χ3v) is 3.94. The van der Waals surface area contributed by atoms with Gasteiger partial charge in [-0.2, -0.15) is 4.72 Å². The fourth-order valence-electron chi connectivity index (χ4n) is 1.51. The molecule has 0 radical (unpaired) electrons. The first-order valence-electron chi connectivity index (χ1n) is 5.02. The minimum absolute atomic E-state index is 0.0473. The number of imidazole rings is 1. The number of aromatic nitrogens is 2. The third-order valence-electron chi connectivity index (χ3n) is 2.57. The summed E-state index contributed by atoms with van der Waals surface area (Å²) in [6, 6.07) is -0.673. The first-order valence-corrected chi connectivity index (χ1v) is 6.51. The van der Waals surface area contributed by atoms with E-state index in [0.717, 1.165) is 12.8 Å².